The van der Waals surface area contributed by atoms with Crippen LogP contribution < -0.4 is 10.5 Å². The van der Waals surface area contributed by atoms with Crippen LogP contribution in [0.15, 0.2) is 6.20 Å². The van der Waals surface area contributed by atoms with Gasteiger partial charge in [-0.1, -0.05) is 0 Å². The first kappa shape index (κ1) is 14.3. The lowest BCUT2D eigenvalue weighted by Crippen LogP contribution is -2.49. The lowest BCUT2D eigenvalue weighted by Gasteiger charge is -2.37. The maximum absolute atomic E-state index is 6.36. The number of nitrogens with two attached hydrogens (primary N) is 1. The molecule has 1 aromatic rings. The number of hydrogen-bond acceptors (Lipinski definition) is 5. The van der Waals surface area contributed by atoms with Crippen LogP contribution in [0.4, 0.5) is 0 Å². The third-order valence-corrected chi connectivity index (χ3v) is 3.74. The number of morpholine rings is 1. The molecular formula is C13H24N4O2. The summed E-state index contributed by atoms with van der Waals surface area (Å²) >= 11 is 0. The Bertz CT molecular complexity index is 419. The average Bonchev–Trinajstić information content (AvgIpc) is 2.79. The Morgan fingerprint density at radius 2 is 2.26 bits per heavy atom. The average molecular weight is 268 g/mol. The van der Waals surface area contributed by atoms with Gasteiger partial charge >= 0.3 is 0 Å². The second kappa shape index (κ2) is 5.90. The predicted octanol–water partition coefficient (Wildman–Crippen LogP) is 0.538. The molecule has 1 aliphatic rings. The summed E-state index contributed by atoms with van der Waals surface area (Å²) < 4.78 is 12.9. The van der Waals surface area contributed by atoms with Gasteiger partial charge in [-0.25, -0.2) is 0 Å². The van der Waals surface area contributed by atoms with Gasteiger partial charge in [-0.2, -0.15) is 5.10 Å². The molecule has 108 valence electrons. The van der Waals surface area contributed by atoms with Crippen LogP contribution in [0.1, 0.15) is 25.6 Å². The summed E-state index contributed by atoms with van der Waals surface area (Å²) in [5.41, 5.74) is 7.25. The minimum absolute atomic E-state index is 0.0274. The molecule has 0 amide bonds. The lowest BCUT2D eigenvalue weighted by molar-refractivity contribution is -0.0515. The fraction of sp³-hybridized carbons (Fsp3) is 0.769. The standard InChI is InChI=1S/C13H24N4O2/c1-9(2)17-5-6-19-11(8-17)12(14)13-10(18-4)7-15-16(13)3/h7,9,11-12H,5-6,8,14H2,1-4H3. The molecule has 0 bridgehead atoms. The summed E-state index contributed by atoms with van der Waals surface area (Å²) in [5.74, 6) is 0.722. The van der Waals surface area contributed by atoms with Crippen LogP contribution >= 0.6 is 0 Å². The molecule has 6 nitrogen and oxygen atoms in total. The third-order valence-electron chi connectivity index (χ3n) is 3.74. The van der Waals surface area contributed by atoms with Gasteiger partial charge in [0.05, 0.1) is 37.8 Å². The maximum atomic E-state index is 6.36. The van der Waals surface area contributed by atoms with Crippen molar-refractivity contribution in [1.82, 2.24) is 14.7 Å². The summed E-state index contributed by atoms with van der Waals surface area (Å²) in [4.78, 5) is 2.39. The summed E-state index contributed by atoms with van der Waals surface area (Å²) in [5, 5.41) is 4.20. The molecule has 0 radical (unpaired) electrons. The van der Waals surface area contributed by atoms with Crippen LogP contribution in [0, 0.1) is 0 Å². The van der Waals surface area contributed by atoms with E-state index in [1.807, 2.05) is 7.05 Å². The molecule has 2 N–H and O–H groups in total. The molecule has 2 rings (SSSR count). The molecule has 1 fully saturated rings. The highest BCUT2D eigenvalue weighted by Gasteiger charge is 2.31. The highest BCUT2D eigenvalue weighted by Crippen LogP contribution is 2.27. The number of hydrogen-bond donors (Lipinski definition) is 1. The summed E-state index contributed by atoms with van der Waals surface area (Å²) in [6.07, 6.45) is 1.67. The van der Waals surface area contributed by atoms with E-state index in [9.17, 15) is 0 Å². The molecule has 0 aliphatic carbocycles. The summed E-state index contributed by atoms with van der Waals surface area (Å²) in [6.45, 7) is 6.91. The second-order valence-corrected chi connectivity index (χ2v) is 5.25. The largest absolute Gasteiger partial charge is 0.493 e. The second-order valence-electron chi connectivity index (χ2n) is 5.25. The van der Waals surface area contributed by atoms with Crippen molar-refractivity contribution in [3.63, 3.8) is 0 Å². The van der Waals surface area contributed by atoms with Crippen LogP contribution in [-0.4, -0.2) is 53.6 Å². The molecule has 1 saturated heterocycles. The van der Waals surface area contributed by atoms with E-state index in [4.69, 9.17) is 15.2 Å². The third kappa shape index (κ3) is 2.91. The molecule has 0 saturated carbocycles. The van der Waals surface area contributed by atoms with Crippen LogP contribution in [0.25, 0.3) is 0 Å². The molecule has 2 atom stereocenters. The van der Waals surface area contributed by atoms with Gasteiger partial charge in [-0.3, -0.25) is 9.58 Å². The molecule has 19 heavy (non-hydrogen) atoms. The van der Waals surface area contributed by atoms with Crippen molar-refractivity contribution in [2.24, 2.45) is 12.8 Å². The maximum Gasteiger partial charge on any atom is 0.161 e. The van der Waals surface area contributed by atoms with Gasteiger partial charge < -0.3 is 15.2 Å². The highest BCUT2D eigenvalue weighted by atomic mass is 16.5. The SMILES string of the molecule is COc1cnn(C)c1C(N)C1CN(C(C)C)CCO1. The van der Waals surface area contributed by atoms with Crippen molar-refractivity contribution < 1.29 is 9.47 Å². The van der Waals surface area contributed by atoms with Crippen molar-refractivity contribution in [3.8, 4) is 5.75 Å². The monoisotopic (exact) mass is 268 g/mol. The number of nitrogens with zero attached hydrogens (tertiary/aromatic N) is 3. The fourth-order valence-electron chi connectivity index (χ4n) is 2.52. The number of methoxy groups -OCH3 is 1. The minimum atomic E-state index is -0.232. The molecule has 1 aromatic heterocycles. The van der Waals surface area contributed by atoms with Gasteiger partial charge in [0.1, 0.15) is 0 Å². The van der Waals surface area contributed by atoms with Crippen molar-refractivity contribution >= 4 is 0 Å². The van der Waals surface area contributed by atoms with E-state index in [1.54, 1.807) is 18.0 Å². The predicted molar refractivity (Wildman–Crippen MR) is 73.1 cm³/mol. The number of ether oxygens (including phenoxy) is 2. The molecular weight excluding hydrogens is 244 g/mol. The van der Waals surface area contributed by atoms with Crippen molar-refractivity contribution in [2.45, 2.75) is 32.0 Å². The van der Waals surface area contributed by atoms with E-state index in [0.29, 0.717) is 6.04 Å². The van der Waals surface area contributed by atoms with Gasteiger partial charge in [0.15, 0.2) is 5.75 Å². The van der Waals surface area contributed by atoms with Gasteiger partial charge in [0.2, 0.25) is 0 Å². The van der Waals surface area contributed by atoms with E-state index in [0.717, 1.165) is 31.1 Å². The van der Waals surface area contributed by atoms with Gasteiger partial charge in [0, 0.05) is 26.2 Å². The van der Waals surface area contributed by atoms with Crippen molar-refractivity contribution in [1.29, 1.82) is 0 Å². The molecule has 0 aromatic carbocycles. The van der Waals surface area contributed by atoms with Crippen molar-refractivity contribution in [3.05, 3.63) is 11.9 Å². The smallest absolute Gasteiger partial charge is 0.161 e. The Labute approximate surface area is 114 Å². The molecule has 2 unspecified atom stereocenters. The Morgan fingerprint density at radius 1 is 1.53 bits per heavy atom. The van der Waals surface area contributed by atoms with E-state index >= 15 is 0 Å². The highest BCUT2D eigenvalue weighted by molar-refractivity contribution is 5.28. The normalized spacial score (nSPS) is 22.7. The number of aromatic nitrogens is 2. The molecule has 6 heteroatoms. The van der Waals surface area contributed by atoms with Crippen LogP contribution in [0.5, 0.6) is 5.75 Å². The van der Waals surface area contributed by atoms with Gasteiger partial charge in [-0.15, -0.1) is 0 Å². The molecule has 0 spiro atoms. The van der Waals surface area contributed by atoms with E-state index in [1.165, 1.54) is 0 Å². The van der Waals surface area contributed by atoms with E-state index < -0.39 is 0 Å². The summed E-state index contributed by atoms with van der Waals surface area (Å²) in [6, 6.07) is 0.274. The first-order valence-electron chi connectivity index (χ1n) is 6.71. The topological polar surface area (TPSA) is 65.5 Å². The Kier molecular flexibility index (Phi) is 4.44. The Hall–Kier alpha value is -1.11. The Morgan fingerprint density at radius 3 is 2.89 bits per heavy atom. The minimum Gasteiger partial charge on any atom is -0.493 e. The van der Waals surface area contributed by atoms with Crippen LogP contribution in [0.2, 0.25) is 0 Å². The van der Waals surface area contributed by atoms with Crippen LogP contribution in [0.3, 0.4) is 0 Å². The zero-order valence-corrected chi connectivity index (χ0v) is 12.2. The van der Waals surface area contributed by atoms with Gasteiger partial charge in [-0.05, 0) is 13.8 Å². The quantitative estimate of drug-likeness (QED) is 0.863. The van der Waals surface area contributed by atoms with E-state index in [-0.39, 0.29) is 12.1 Å². The number of rotatable bonds is 4. The Balaban J connectivity index is 2.14. The molecule has 2 heterocycles. The van der Waals surface area contributed by atoms with Crippen LogP contribution in [-0.2, 0) is 11.8 Å². The first-order valence-corrected chi connectivity index (χ1v) is 6.71. The van der Waals surface area contributed by atoms with Crippen molar-refractivity contribution in [2.75, 3.05) is 26.8 Å². The number of aryl methyl sites for hydroxylation is 1. The zero-order valence-electron chi connectivity index (χ0n) is 12.2. The van der Waals surface area contributed by atoms with Gasteiger partial charge in [0.25, 0.3) is 0 Å². The molecule has 1 aliphatic heterocycles. The fourth-order valence-corrected chi connectivity index (χ4v) is 2.52. The van der Waals surface area contributed by atoms with E-state index in [2.05, 4.69) is 23.8 Å². The zero-order chi connectivity index (χ0) is 14.0. The first-order chi connectivity index (χ1) is 9.04. The lowest BCUT2D eigenvalue weighted by atomic mass is 10.1. The summed E-state index contributed by atoms with van der Waals surface area (Å²) in [7, 11) is 3.51.